The summed E-state index contributed by atoms with van der Waals surface area (Å²) < 4.78 is 6.44. The number of carbonyl (C=O) groups is 1. The van der Waals surface area contributed by atoms with Crippen LogP contribution in [0.15, 0.2) is 22.7 Å². The van der Waals surface area contributed by atoms with E-state index in [0.29, 0.717) is 12.1 Å². The zero-order chi connectivity index (χ0) is 13.2. The van der Waals surface area contributed by atoms with Crippen LogP contribution in [-0.2, 0) is 4.74 Å². The monoisotopic (exact) mass is 311 g/mol. The summed E-state index contributed by atoms with van der Waals surface area (Å²) in [5, 5.41) is 2.95. The highest BCUT2D eigenvalue weighted by molar-refractivity contribution is 9.10. The number of nitrogens with one attached hydrogen (secondary N) is 1. The Morgan fingerprint density at radius 1 is 1.50 bits per heavy atom. The van der Waals surface area contributed by atoms with Crippen LogP contribution in [0.25, 0.3) is 0 Å². The van der Waals surface area contributed by atoms with E-state index in [4.69, 9.17) is 4.74 Å². The zero-order valence-corrected chi connectivity index (χ0v) is 12.3. The molecule has 0 saturated heterocycles. The van der Waals surface area contributed by atoms with Crippen molar-refractivity contribution in [1.82, 2.24) is 5.32 Å². The summed E-state index contributed by atoms with van der Waals surface area (Å²) in [7, 11) is 1.72. The molecule has 0 bridgehead atoms. The fraction of sp³-hybridized carbons (Fsp3) is 0.500. The molecule has 1 aliphatic carbocycles. The van der Waals surface area contributed by atoms with E-state index < -0.39 is 0 Å². The lowest BCUT2D eigenvalue weighted by Gasteiger charge is -2.40. The van der Waals surface area contributed by atoms with E-state index >= 15 is 0 Å². The van der Waals surface area contributed by atoms with E-state index in [9.17, 15) is 4.79 Å². The average Bonchev–Trinajstić information content (AvgIpc) is 2.31. The van der Waals surface area contributed by atoms with Gasteiger partial charge in [0.25, 0.3) is 5.91 Å². The van der Waals surface area contributed by atoms with Crippen LogP contribution in [0.4, 0.5) is 0 Å². The average molecular weight is 312 g/mol. The summed E-state index contributed by atoms with van der Waals surface area (Å²) in [6, 6.07) is 5.63. The molecule has 1 saturated carbocycles. The minimum atomic E-state index is -0.127. The van der Waals surface area contributed by atoms with Gasteiger partial charge in [-0.25, -0.2) is 0 Å². The van der Waals surface area contributed by atoms with E-state index in [2.05, 4.69) is 21.2 Å². The Morgan fingerprint density at radius 3 is 2.72 bits per heavy atom. The number of hydrogen-bond donors (Lipinski definition) is 1. The third-order valence-electron chi connectivity index (χ3n) is 3.70. The molecule has 98 valence electrons. The summed E-state index contributed by atoms with van der Waals surface area (Å²) in [5.41, 5.74) is 1.68. The van der Waals surface area contributed by atoms with E-state index in [0.717, 1.165) is 22.9 Å². The number of ether oxygens (including phenoxy) is 1. The third-order valence-corrected chi connectivity index (χ3v) is 4.56. The Morgan fingerprint density at radius 2 is 2.22 bits per heavy atom. The molecule has 1 aromatic rings. The van der Waals surface area contributed by atoms with Gasteiger partial charge in [-0.1, -0.05) is 22.0 Å². The van der Waals surface area contributed by atoms with Crippen LogP contribution >= 0.6 is 15.9 Å². The molecule has 1 fully saturated rings. The van der Waals surface area contributed by atoms with E-state index in [1.165, 1.54) is 6.42 Å². The fourth-order valence-corrected chi connectivity index (χ4v) is 2.48. The first kappa shape index (κ1) is 13.6. The first-order chi connectivity index (χ1) is 8.56. The summed E-state index contributed by atoms with van der Waals surface area (Å²) in [4.78, 5) is 12.0. The van der Waals surface area contributed by atoms with Crippen LogP contribution < -0.4 is 5.32 Å². The van der Waals surface area contributed by atoms with Crippen LogP contribution in [0, 0.1) is 6.92 Å². The van der Waals surface area contributed by atoms with Gasteiger partial charge in [-0.15, -0.1) is 0 Å². The highest BCUT2D eigenvalue weighted by atomic mass is 79.9. The van der Waals surface area contributed by atoms with Gasteiger partial charge in [0.1, 0.15) is 0 Å². The number of methoxy groups -OCH3 is 1. The first-order valence-electron chi connectivity index (χ1n) is 6.16. The standard InChI is InChI=1S/C14H18BrNO2/c1-10-4-5-11(8-12(10)15)13(17)16-9-14(18-2)6-3-7-14/h4-5,8H,3,6-7,9H2,1-2H3,(H,16,17). The number of aryl methyl sites for hydroxylation is 1. The molecular formula is C14H18BrNO2. The largest absolute Gasteiger partial charge is 0.376 e. The second kappa shape index (κ2) is 5.41. The molecule has 0 heterocycles. The van der Waals surface area contributed by atoms with Gasteiger partial charge in [0.15, 0.2) is 0 Å². The van der Waals surface area contributed by atoms with Gasteiger partial charge >= 0.3 is 0 Å². The van der Waals surface area contributed by atoms with Crippen LogP contribution in [0.1, 0.15) is 35.2 Å². The summed E-state index contributed by atoms with van der Waals surface area (Å²) in [5.74, 6) is -0.0426. The minimum absolute atomic E-state index is 0.0426. The second-order valence-corrected chi connectivity index (χ2v) is 5.74. The molecule has 1 amide bonds. The van der Waals surface area contributed by atoms with Gasteiger partial charge in [0, 0.05) is 23.7 Å². The summed E-state index contributed by atoms with van der Waals surface area (Å²) in [6.45, 7) is 2.59. The Balaban J connectivity index is 1.97. The number of carbonyl (C=O) groups excluding carboxylic acids is 1. The van der Waals surface area contributed by atoms with Crippen LogP contribution in [0.3, 0.4) is 0 Å². The molecule has 0 unspecified atom stereocenters. The predicted octanol–water partition coefficient (Wildman–Crippen LogP) is 3.06. The lowest BCUT2D eigenvalue weighted by atomic mass is 9.80. The smallest absolute Gasteiger partial charge is 0.251 e. The SMILES string of the molecule is COC1(CNC(=O)c2ccc(C)c(Br)c2)CCC1. The third kappa shape index (κ3) is 2.75. The topological polar surface area (TPSA) is 38.3 Å². The molecule has 0 spiro atoms. The number of benzene rings is 1. The maximum atomic E-state index is 12.0. The van der Waals surface area contributed by atoms with Gasteiger partial charge in [-0.3, -0.25) is 4.79 Å². The molecule has 0 radical (unpaired) electrons. The number of halogens is 1. The molecule has 0 atom stereocenters. The minimum Gasteiger partial charge on any atom is -0.376 e. The summed E-state index contributed by atoms with van der Waals surface area (Å²) >= 11 is 3.44. The van der Waals surface area contributed by atoms with Gasteiger partial charge in [0.05, 0.1) is 5.60 Å². The normalized spacial score (nSPS) is 17.1. The maximum absolute atomic E-state index is 12.0. The molecule has 3 nitrogen and oxygen atoms in total. The van der Waals surface area contributed by atoms with Crippen molar-refractivity contribution in [2.45, 2.75) is 31.8 Å². The predicted molar refractivity (Wildman–Crippen MR) is 74.8 cm³/mol. The van der Waals surface area contributed by atoms with Crippen molar-refractivity contribution in [3.63, 3.8) is 0 Å². The van der Waals surface area contributed by atoms with Crippen molar-refractivity contribution in [3.05, 3.63) is 33.8 Å². The Kier molecular flexibility index (Phi) is 4.07. The van der Waals surface area contributed by atoms with Crippen molar-refractivity contribution in [2.75, 3.05) is 13.7 Å². The van der Waals surface area contributed by atoms with Gasteiger partial charge in [0.2, 0.25) is 0 Å². The molecule has 4 heteroatoms. The molecular weight excluding hydrogens is 294 g/mol. The van der Waals surface area contributed by atoms with E-state index in [-0.39, 0.29) is 11.5 Å². The molecule has 18 heavy (non-hydrogen) atoms. The summed E-state index contributed by atoms with van der Waals surface area (Å²) in [6.07, 6.45) is 3.24. The van der Waals surface area contributed by atoms with Gasteiger partial charge in [-0.2, -0.15) is 0 Å². The Hall–Kier alpha value is -0.870. The molecule has 0 aromatic heterocycles. The number of hydrogen-bond acceptors (Lipinski definition) is 2. The van der Waals surface area contributed by atoms with Crippen LogP contribution in [0.5, 0.6) is 0 Å². The van der Waals surface area contributed by atoms with Gasteiger partial charge < -0.3 is 10.1 Å². The highest BCUT2D eigenvalue weighted by Gasteiger charge is 2.37. The first-order valence-corrected chi connectivity index (χ1v) is 6.95. The van der Waals surface area contributed by atoms with Gasteiger partial charge in [-0.05, 0) is 43.9 Å². The van der Waals surface area contributed by atoms with E-state index in [1.54, 1.807) is 7.11 Å². The van der Waals surface area contributed by atoms with Crippen LogP contribution in [0.2, 0.25) is 0 Å². The van der Waals surface area contributed by atoms with Crippen molar-refractivity contribution in [3.8, 4) is 0 Å². The second-order valence-electron chi connectivity index (χ2n) is 4.89. The van der Waals surface area contributed by atoms with Crippen molar-refractivity contribution in [2.24, 2.45) is 0 Å². The van der Waals surface area contributed by atoms with Crippen molar-refractivity contribution in [1.29, 1.82) is 0 Å². The lowest BCUT2D eigenvalue weighted by molar-refractivity contribution is -0.0679. The zero-order valence-electron chi connectivity index (χ0n) is 10.8. The molecule has 1 aliphatic rings. The molecule has 1 aromatic carbocycles. The van der Waals surface area contributed by atoms with Crippen LogP contribution in [-0.4, -0.2) is 25.2 Å². The molecule has 1 N–H and O–H groups in total. The van der Waals surface area contributed by atoms with Crippen molar-refractivity contribution >= 4 is 21.8 Å². The molecule has 0 aliphatic heterocycles. The Labute approximate surface area is 116 Å². The lowest BCUT2D eigenvalue weighted by Crippen LogP contribution is -2.49. The highest BCUT2D eigenvalue weighted by Crippen LogP contribution is 2.34. The number of amides is 1. The van der Waals surface area contributed by atoms with E-state index in [1.807, 2.05) is 25.1 Å². The number of rotatable bonds is 4. The quantitative estimate of drug-likeness (QED) is 0.928. The maximum Gasteiger partial charge on any atom is 0.251 e. The molecule has 2 rings (SSSR count). The van der Waals surface area contributed by atoms with Crippen molar-refractivity contribution < 1.29 is 9.53 Å². The Bertz CT molecular complexity index is 450. The fourth-order valence-electron chi connectivity index (χ4n) is 2.10.